The maximum absolute atomic E-state index is 12.8. The minimum atomic E-state index is -4.29. The number of nitrogens with zero attached hydrogens (tertiary/aromatic N) is 3. The maximum Gasteiger partial charge on any atom is 0.346 e. The van der Waals surface area contributed by atoms with Crippen LogP contribution in [0.3, 0.4) is 0 Å². The lowest BCUT2D eigenvalue weighted by Gasteiger charge is -2.22. The minimum absolute atomic E-state index is 0.0601. The van der Waals surface area contributed by atoms with E-state index >= 15 is 0 Å². The van der Waals surface area contributed by atoms with Gasteiger partial charge in [0.25, 0.3) is 11.5 Å². The molecule has 2 heterocycles. The number of benzene rings is 1. The van der Waals surface area contributed by atoms with Crippen molar-refractivity contribution in [2.75, 3.05) is 11.9 Å². The van der Waals surface area contributed by atoms with Crippen molar-refractivity contribution in [3.05, 3.63) is 40.3 Å². The second-order valence-electron chi connectivity index (χ2n) is 6.89. The molecule has 1 fully saturated rings. The van der Waals surface area contributed by atoms with E-state index in [0.717, 1.165) is 19.0 Å². The van der Waals surface area contributed by atoms with Gasteiger partial charge in [0.05, 0.1) is 17.2 Å². The SMILES string of the molecule is NC(=O)COc1ccc2c(c1)P(=O)(O)N=C(c1c(O)cnn(CC3CC3)c1=O)N2. The molecule has 11 nitrogen and oxygen atoms in total. The van der Waals surface area contributed by atoms with E-state index in [-0.39, 0.29) is 34.7 Å². The topological polar surface area (TPSA) is 169 Å². The first-order valence-electron chi connectivity index (χ1n) is 8.80. The highest BCUT2D eigenvalue weighted by Gasteiger charge is 2.33. The molecular formula is C17H18N5O6P. The van der Waals surface area contributed by atoms with Crippen LogP contribution in [0.25, 0.3) is 0 Å². The predicted molar refractivity (Wildman–Crippen MR) is 104 cm³/mol. The minimum Gasteiger partial charge on any atom is -0.505 e. The number of nitrogens with two attached hydrogens (primary N) is 1. The van der Waals surface area contributed by atoms with Crippen LogP contribution < -0.4 is 26.7 Å². The number of fused-ring (bicyclic) bond motifs is 1. The van der Waals surface area contributed by atoms with E-state index in [4.69, 9.17) is 10.5 Å². The van der Waals surface area contributed by atoms with Gasteiger partial charge in [0.2, 0.25) is 0 Å². The van der Waals surface area contributed by atoms with Crippen LogP contribution in [0.1, 0.15) is 18.4 Å². The van der Waals surface area contributed by atoms with Crippen LogP contribution in [0, 0.1) is 5.92 Å². The molecule has 1 unspecified atom stereocenters. The van der Waals surface area contributed by atoms with E-state index in [1.54, 1.807) is 0 Å². The van der Waals surface area contributed by atoms with Gasteiger partial charge in [0.15, 0.2) is 18.2 Å². The molecule has 2 aliphatic rings. The summed E-state index contributed by atoms with van der Waals surface area (Å²) < 4.78 is 23.0. The lowest BCUT2D eigenvalue weighted by atomic mass is 10.2. The van der Waals surface area contributed by atoms with Crippen LogP contribution in [0.15, 0.2) is 34.0 Å². The van der Waals surface area contributed by atoms with Crippen molar-refractivity contribution >= 4 is 30.3 Å². The number of aromatic nitrogens is 2. The Labute approximate surface area is 164 Å². The first-order valence-corrected chi connectivity index (χ1v) is 10.4. The van der Waals surface area contributed by atoms with Crippen LogP contribution in [0.4, 0.5) is 5.69 Å². The van der Waals surface area contributed by atoms with E-state index in [2.05, 4.69) is 15.2 Å². The fraction of sp³-hybridized carbons (Fsp3) is 0.294. The van der Waals surface area contributed by atoms with E-state index in [1.165, 1.54) is 22.9 Å². The predicted octanol–water partition coefficient (Wildman–Crippen LogP) is -0.0940. The van der Waals surface area contributed by atoms with Gasteiger partial charge in [-0.3, -0.25) is 14.2 Å². The Morgan fingerprint density at radius 1 is 1.41 bits per heavy atom. The van der Waals surface area contributed by atoms with Crippen molar-refractivity contribution in [1.29, 1.82) is 0 Å². The third-order valence-corrected chi connectivity index (χ3v) is 6.01. The highest BCUT2D eigenvalue weighted by Crippen LogP contribution is 2.47. The van der Waals surface area contributed by atoms with Crippen molar-refractivity contribution < 1.29 is 24.1 Å². The lowest BCUT2D eigenvalue weighted by Crippen LogP contribution is -2.34. The molecule has 29 heavy (non-hydrogen) atoms. The molecule has 1 amide bonds. The van der Waals surface area contributed by atoms with Gasteiger partial charge in [-0.05, 0) is 37.0 Å². The van der Waals surface area contributed by atoms with Crippen LogP contribution in [-0.2, 0) is 15.9 Å². The number of rotatable bonds is 6. The summed E-state index contributed by atoms with van der Waals surface area (Å²) in [4.78, 5) is 34.1. The molecule has 2 aromatic rings. The second kappa shape index (κ2) is 7.02. The number of primary amides is 1. The van der Waals surface area contributed by atoms with Crippen LogP contribution >= 0.6 is 7.52 Å². The third kappa shape index (κ3) is 3.87. The van der Waals surface area contributed by atoms with Crippen molar-refractivity contribution in [3.63, 3.8) is 0 Å². The van der Waals surface area contributed by atoms with Gasteiger partial charge < -0.3 is 25.8 Å². The molecule has 0 radical (unpaired) electrons. The zero-order chi connectivity index (χ0) is 20.8. The maximum atomic E-state index is 12.8. The van der Waals surface area contributed by atoms with Gasteiger partial charge in [0, 0.05) is 6.54 Å². The summed E-state index contributed by atoms with van der Waals surface area (Å²) in [5.41, 5.74) is 4.41. The smallest absolute Gasteiger partial charge is 0.346 e. The number of carbonyl (C=O) groups excluding carboxylic acids is 1. The molecule has 1 aromatic heterocycles. The van der Waals surface area contributed by atoms with Crippen molar-refractivity contribution in [2.45, 2.75) is 19.4 Å². The van der Waals surface area contributed by atoms with E-state index in [0.29, 0.717) is 12.5 Å². The largest absolute Gasteiger partial charge is 0.505 e. The van der Waals surface area contributed by atoms with Crippen molar-refractivity contribution in [3.8, 4) is 11.5 Å². The van der Waals surface area contributed by atoms with Crippen molar-refractivity contribution in [1.82, 2.24) is 9.78 Å². The Hall–Kier alpha value is -3.17. The summed E-state index contributed by atoms with van der Waals surface area (Å²) in [6.45, 7) is 0.0230. The van der Waals surface area contributed by atoms with Crippen LogP contribution in [-0.4, -0.2) is 38.1 Å². The normalized spacial score (nSPS) is 20.4. The Bertz CT molecular complexity index is 1140. The lowest BCUT2D eigenvalue weighted by molar-refractivity contribution is -0.119. The fourth-order valence-electron chi connectivity index (χ4n) is 2.93. The molecular weight excluding hydrogens is 401 g/mol. The Balaban J connectivity index is 1.71. The highest BCUT2D eigenvalue weighted by molar-refractivity contribution is 7.65. The second-order valence-corrected chi connectivity index (χ2v) is 8.66. The molecule has 4 rings (SSSR count). The summed E-state index contributed by atoms with van der Waals surface area (Å²) in [7, 11) is -4.29. The van der Waals surface area contributed by atoms with E-state index < -0.39 is 24.7 Å². The number of hydrogen-bond donors (Lipinski definition) is 4. The van der Waals surface area contributed by atoms with Crippen LogP contribution in [0.2, 0.25) is 0 Å². The average molecular weight is 419 g/mol. The van der Waals surface area contributed by atoms with Gasteiger partial charge >= 0.3 is 7.52 Å². The summed E-state index contributed by atoms with van der Waals surface area (Å²) >= 11 is 0. The molecule has 1 aliphatic heterocycles. The fourth-order valence-corrected chi connectivity index (χ4v) is 4.20. The van der Waals surface area contributed by atoms with E-state index in [1.807, 2.05) is 0 Å². The number of aromatic hydroxyl groups is 1. The number of ether oxygens (including phenoxy) is 1. The molecule has 1 aliphatic carbocycles. The van der Waals surface area contributed by atoms with E-state index in [9.17, 15) is 24.2 Å². The standard InChI is InChI=1S/C17H18N5O6P/c18-14(24)8-28-10-3-4-11-13(5-10)29(26,27)21-16(20-11)15-12(23)6-19-22(17(15)25)7-9-1-2-9/h3-6,9,23H,1-2,7-8H2,(H2,18,24)(H2,20,21,26,27). The third-order valence-electron chi connectivity index (χ3n) is 4.54. The number of nitrogens with one attached hydrogen (secondary N) is 1. The highest BCUT2D eigenvalue weighted by atomic mass is 31.2. The Morgan fingerprint density at radius 2 is 2.17 bits per heavy atom. The summed E-state index contributed by atoms with van der Waals surface area (Å²) in [5.74, 6) is -0.830. The molecule has 152 valence electrons. The number of hydrogen-bond acceptors (Lipinski definition) is 7. The Morgan fingerprint density at radius 3 is 2.86 bits per heavy atom. The summed E-state index contributed by atoms with van der Waals surface area (Å²) in [6, 6.07) is 4.18. The molecule has 0 spiro atoms. The summed E-state index contributed by atoms with van der Waals surface area (Å²) in [6.07, 6.45) is 3.12. The monoisotopic (exact) mass is 419 g/mol. The van der Waals surface area contributed by atoms with Gasteiger partial charge in [-0.15, -0.1) is 0 Å². The molecule has 0 saturated heterocycles. The van der Waals surface area contributed by atoms with Crippen LogP contribution in [0.5, 0.6) is 11.5 Å². The first kappa shape index (κ1) is 19.2. The number of anilines is 1. The molecule has 12 heteroatoms. The molecule has 1 atom stereocenters. The molecule has 0 bridgehead atoms. The number of amidine groups is 1. The quantitative estimate of drug-likeness (QED) is 0.471. The Kier molecular flexibility index (Phi) is 4.64. The number of amides is 1. The molecule has 1 saturated carbocycles. The summed E-state index contributed by atoms with van der Waals surface area (Å²) in [5, 5.41) is 16.8. The zero-order valence-corrected chi connectivity index (χ0v) is 16.0. The van der Waals surface area contributed by atoms with Gasteiger partial charge in [-0.25, -0.2) is 4.68 Å². The van der Waals surface area contributed by atoms with Gasteiger partial charge in [-0.2, -0.15) is 9.86 Å². The van der Waals surface area contributed by atoms with Gasteiger partial charge in [-0.1, -0.05) is 0 Å². The average Bonchev–Trinajstić information content (AvgIpc) is 3.46. The molecule has 5 N–H and O–H groups in total. The number of carbonyl (C=O) groups is 1. The molecule has 1 aromatic carbocycles. The van der Waals surface area contributed by atoms with Crippen molar-refractivity contribution in [2.24, 2.45) is 16.4 Å². The zero-order valence-electron chi connectivity index (χ0n) is 15.1. The van der Waals surface area contributed by atoms with Gasteiger partial charge in [0.1, 0.15) is 11.3 Å². The first-order chi connectivity index (χ1) is 13.7.